The van der Waals surface area contributed by atoms with E-state index in [0.717, 1.165) is 16.8 Å². The van der Waals surface area contributed by atoms with Crippen molar-refractivity contribution in [2.75, 3.05) is 27.9 Å². The van der Waals surface area contributed by atoms with Crippen molar-refractivity contribution in [3.05, 3.63) is 106 Å². The zero-order valence-corrected chi connectivity index (χ0v) is 26.1. The molecule has 45 heavy (non-hydrogen) atoms. The first-order chi connectivity index (χ1) is 21.7. The largest absolute Gasteiger partial charge is 0.493 e. The smallest absolute Gasteiger partial charge is 0.336 e. The van der Waals surface area contributed by atoms with Crippen LogP contribution in [0.2, 0.25) is 0 Å². The highest BCUT2D eigenvalue weighted by Crippen LogP contribution is 2.47. The van der Waals surface area contributed by atoms with E-state index in [1.54, 1.807) is 32.4 Å². The highest BCUT2D eigenvalue weighted by molar-refractivity contribution is 6.04. The Morgan fingerprint density at radius 2 is 1.47 bits per heavy atom. The fourth-order valence-electron chi connectivity index (χ4n) is 6.07. The van der Waals surface area contributed by atoms with Gasteiger partial charge in [-0.05, 0) is 60.2 Å². The maximum Gasteiger partial charge on any atom is 0.336 e. The third kappa shape index (κ3) is 6.72. The van der Waals surface area contributed by atoms with Gasteiger partial charge < -0.3 is 29.0 Å². The van der Waals surface area contributed by atoms with E-state index in [9.17, 15) is 14.4 Å². The number of dihydropyridines is 1. The fourth-order valence-corrected chi connectivity index (χ4v) is 6.07. The second kappa shape index (κ2) is 13.7. The first-order valence-corrected chi connectivity index (χ1v) is 14.8. The molecule has 0 saturated heterocycles. The van der Waals surface area contributed by atoms with Gasteiger partial charge in [0.25, 0.3) is 0 Å². The summed E-state index contributed by atoms with van der Waals surface area (Å²) >= 11 is 0. The molecule has 0 spiro atoms. The number of rotatable bonds is 10. The topological polar surface area (TPSA) is 109 Å². The molecule has 1 aliphatic carbocycles. The van der Waals surface area contributed by atoms with E-state index < -0.39 is 17.9 Å². The number of nitrogens with one attached hydrogen (secondary N) is 1. The Labute approximate surface area is 262 Å². The van der Waals surface area contributed by atoms with Crippen molar-refractivity contribution in [1.29, 1.82) is 0 Å². The van der Waals surface area contributed by atoms with E-state index in [-0.39, 0.29) is 30.5 Å². The summed E-state index contributed by atoms with van der Waals surface area (Å²) in [5.74, 6) is -0.161. The van der Waals surface area contributed by atoms with Crippen molar-refractivity contribution < 1.29 is 38.1 Å². The minimum Gasteiger partial charge on any atom is -0.493 e. The van der Waals surface area contributed by atoms with Gasteiger partial charge in [0, 0.05) is 42.7 Å². The summed E-state index contributed by atoms with van der Waals surface area (Å²) in [5.41, 5.74) is 4.85. The van der Waals surface area contributed by atoms with E-state index in [4.69, 9.17) is 23.7 Å². The second-order valence-corrected chi connectivity index (χ2v) is 11.0. The highest BCUT2D eigenvalue weighted by atomic mass is 16.6. The average Bonchev–Trinajstić information content (AvgIpc) is 3.04. The number of carbonyl (C=O) groups excluding carboxylic acids is 3. The highest BCUT2D eigenvalue weighted by Gasteiger charge is 2.42. The average molecular weight is 612 g/mol. The molecule has 0 fully saturated rings. The lowest BCUT2D eigenvalue weighted by Crippen LogP contribution is -2.36. The van der Waals surface area contributed by atoms with E-state index in [1.165, 1.54) is 14.0 Å². The van der Waals surface area contributed by atoms with Crippen molar-refractivity contribution in [2.24, 2.45) is 0 Å². The van der Waals surface area contributed by atoms with E-state index in [2.05, 4.69) is 5.32 Å². The Morgan fingerprint density at radius 1 is 0.822 bits per heavy atom. The van der Waals surface area contributed by atoms with Crippen LogP contribution in [0.15, 0.2) is 89.3 Å². The van der Waals surface area contributed by atoms with Crippen LogP contribution in [-0.2, 0) is 25.5 Å². The van der Waals surface area contributed by atoms with Crippen molar-refractivity contribution in [1.82, 2.24) is 5.32 Å². The first kappa shape index (κ1) is 31.4. The van der Waals surface area contributed by atoms with Crippen LogP contribution in [0.25, 0.3) is 0 Å². The van der Waals surface area contributed by atoms with Crippen LogP contribution in [0.3, 0.4) is 0 Å². The minimum atomic E-state index is -0.718. The fraction of sp³-hybridized carbons (Fsp3) is 0.306. The van der Waals surface area contributed by atoms with E-state index in [0.29, 0.717) is 52.5 Å². The zero-order chi connectivity index (χ0) is 32.1. The number of hydrogen-bond acceptors (Lipinski definition) is 9. The lowest BCUT2D eigenvalue weighted by Gasteiger charge is -2.37. The predicted octanol–water partition coefficient (Wildman–Crippen LogP) is 5.79. The van der Waals surface area contributed by atoms with Gasteiger partial charge in [-0.25, -0.2) is 4.79 Å². The molecule has 9 heteroatoms. The molecule has 3 aromatic rings. The predicted molar refractivity (Wildman–Crippen MR) is 168 cm³/mol. The summed E-state index contributed by atoms with van der Waals surface area (Å²) in [4.78, 5) is 39.5. The number of Topliss-reactive ketones (excluding diaryl/α,β-unsaturated/α-hetero) is 1. The molecule has 0 aromatic heterocycles. The number of ketones is 1. The minimum absolute atomic E-state index is 0.0846. The number of benzene rings is 3. The molecule has 234 valence electrons. The van der Waals surface area contributed by atoms with Gasteiger partial charge in [-0.3, -0.25) is 9.59 Å². The van der Waals surface area contributed by atoms with Gasteiger partial charge in [0.15, 0.2) is 28.8 Å². The van der Waals surface area contributed by atoms with Gasteiger partial charge in [0.05, 0.1) is 33.5 Å². The molecule has 0 saturated carbocycles. The third-order valence-electron chi connectivity index (χ3n) is 8.17. The number of hydrogen-bond donors (Lipinski definition) is 1. The molecule has 0 amide bonds. The monoisotopic (exact) mass is 611 g/mol. The SMILES string of the molecule is COc1ccc([C@H]2CC(=O)C3=C(C2)NC(C)=C(C(=O)OCCc2ccccc2)[C@@H]3c2ccc(OC(C)=O)c(OC)c2)cc1OC. The van der Waals surface area contributed by atoms with Crippen molar-refractivity contribution in [3.8, 4) is 23.0 Å². The molecule has 9 nitrogen and oxygen atoms in total. The van der Waals surface area contributed by atoms with Crippen LogP contribution in [0.5, 0.6) is 23.0 Å². The van der Waals surface area contributed by atoms with Crippen LogP contribution < -0.4 is 24.3 Å². The van der Waals surface area contributed by atoms with Gasteiger partial charge in [-0.1, -0.05) is 42.5 Å². The van der Waals surface area contributed by atoms with Crippen LogP contribution in [0, 0.1) is 0 Å². The van der Waals surface area contributed by atoms with Crippen LogP contribution in [0.4, 0.5) is 0 Å². The molecule has 3 aromatic carbocycles. The van der Waals surface area contributed by atoms with Crippen LogP contribution >= 0.6 is 0 Å². The molecule has 2 atom stereocenters. The number of esters is 2. The van der Waals surface area contributed by atoms with Crippen LogP contribution in [-0.4, -0.2) is 45.7 Å². The summed E-state index contributed by atoms with van der Waals surface area (Å²) in [7, 11) is 4.63. The molecule has 2 aliphatic rings. The van der Waals surface area contributed by atoms with Crippen LogP contribution in [0.1, 0.15) is 55.2 Å². The second-order valence-electron chi connectivity index (χ2n) is 11.0. The maximum absolute atomic E-state index is 14.1. The third-order valence-corrected chi connectivity index (χ3v) is 8.17. The first-order valence-electron chi connectivity index (χ1n) is 14.8. The number of ether oxygens (including phenoxy) is 5. The van der Waals surface area contributed by atoms with Gasteiger partial charge in [0.2, 0.25) is 0 Å². The summed E-state index contributed by atoms with van der Waals surface area (Å²) in [6.07, 6.45) is 1.34. The van der Waals surface area contributed by atoms with E-state index >= 15 is 0 Å². The normalized spacial score (nSPS) is 17.7. The molecule has 1 aliphatic heterocycles. The lowest BCUT2D eigenvalue weighted by molar-refractivity contribution is -0.139. The Hall–Kier alpha value is -5.05. The standard InChI is InChI=1S/C36H37NO8/c1-21-33(36(40)44-16-15-23-9-7-6-8-10-23)34(25-12-14-30(45-22(2)38)32(20-25)43-5)35-27(37-21)17-26(18-28(35)39)24-11-13-29(41-3)31(19-24)42-4/h6-14,19-20,26,34,37H,15-18H2,1-5H3/t26-,34+/m1/s1. The Kier molecular flexibility index (Phi) is 9.56. The number of methoxy groups -OCH3 is 3. The Bertz CT molecular complexity index is 1670. The Balaban J connectivity index is 1.52. The van der Waals surface area contributed by atoms with Gasteiger partial charge in [-0.2, -0.15) is 0 Å². The zero-order valence-electron chi connectivity index (χ0n) is 26.1. The summed E-state index contributed by atoms with van der Waals surface area (Å²) in [6.45, 7) is 3.31. The molecular formula is C36H37NO8. The Morgan fingerprint density at radius 3 is 2.16 bits per heavy atom. The number of allylic oxidation sites excluding steroid dienone is 3. The lowest BCUT2D eigenvalue weighted by atomic mass is 9.71. The summed E-state index contributed by atoms with van der Waals surface area (Å²) in [5, 5.41) is 3.39. The van der Waals surface area contributed by atoms with Gasteiger partial charge >= 0.3 is 11.9 Å². The van der Waals surface area contributed by atoms with Crippen molar-refractivity contribution in [2.45, 2.75) is 44.9 Å². The molecule has 0 radical (unpaired) electrons. The van der Waals surface area contributed by atoms with E-state index in [1.807, 2.05) is 55.5 Å². The summed E-state index contributed by atoms with van der Waals surface area (Å²) in [6, 6.07) is 20.5. The number of carbonyl (C=O) groups is 3. The molecule has 5 rings (SSSR count). The quantitative estimate of drug-likeness (QED) is 0.225. The van der Waals surface area contributed by atoms with Gasteiger partial charge in [0.1, 0.15) is 0 Å². The maximum atomic E-state index is 14.1. The van der Waals surface area contributed by atoms with Crippen molar-refractivity contribution >= 4 is 17.7 Å². The molecule has 1 N–H and O–H groups in total. The van der Waals surface area contributed by atoms with Gasteiger partial charge in [-0.15, -0.1) is 0 Å². The molecule has 0 unspecified atom stereocenters. The summed E-state index contributed by atoms with van der Waals surface area (Å²) < 4.78 is 27.6. The molecule has 1 heterocycles. The van der Waals surface area contributed by atoms with Crippen molar-refractivity contribution in [3.63, 3.8) is 0 Å². The molecule has 0 bridgehead atoms. The molecular weight excluding hydrogens is 574 g/mol.